The summed E-state index contributed by atoms with van der Waals surface area (Å²) in [5, 5.41) is 15.6. The van der Waals surface area contributed by atoms with Crippen LogP contribution in [-0.2, 0) is 0 Å². The number of nitrogens with one attached hydrogen (secondary N) is 2. The van der Waals surface area contributed by atoms with E-state index in [2.05, 4.69) is 10.6 Å². The van der Waals surface area contributed by atoms with Crippen LogP contribution in [0.4, 0.5) is 16.2 Å². The summed E-state index contributed by atoms with van der Waals surface area (Å²) < 4.78 is 0. The Bertz CT molecular complexity index is 488. The molecule has 0 heterocycles. The zero-order valence-corrected chi connectivity index (χ0v) is 10.4. The summed E-state index contributed by atoms with van der Waals surface area (Å²) >= 11 is 5.65. The summed E-state index contributed by atoms with van der Waals surface area (Å²) in [5.74, 6) is 0. The molecule has 0 atom stereocenters. The van der Waals surface area contributed by atoms with Gasteiger partial charge in [-0.1, -0.05) is 24.6 Å². The first-order valence-corrected chi connectivity index (χ1v) is 5.59. The molecule has 1 aromatic rings. The predicted molar refractivity (Wildman–Crippen MR) is 69.7 cm³/mol. The molecule has 0 unspecified atom stereocenters. The van der Waals surface area contributed by atoms with Gasteiger partial charge in [-0.3, -0.25) is 10.1 Å². The van der Waals surface area contributed by atoms with E-state index in [1.54, 1.807) is 6.08 Å². The monoisotopic (exact) mass is 269 g/mol. The number of rotatable bonds is 4. The summed E-state index contributed by atoms with van der Waals surface area (Å²) in [5.41, 5.74) is 0.0482. The molecule has 0 spiro atoms. The third kappa shape index (κ3) is 4.06. The molecule has 2 N–H and O–H groups in total. The van der Waals surface area contributed by atoms with Gasteiger partial charge >= 0.3 is 6.03 Å². The van der Waals surface area contributed by atoms with Gasteiger partial charge in [-0.15, -0.1) is 0 Å². The summed E-state index contributed by atoms with van der Waals surface area (Å²) in [7, 11) is 0. The molecule has 2 amide bonds. The molecule has 0 bridgehead atoms. The number of hydrogen-bond acceptors (Lipinski definition) is 3. The smallest absolute Gasteiger partial charge is 0.315 e. The topological polar surface area (TPSA) is 84.3 Å². The van der Waals surface area contributed by atoms with Crippen molar-refractivity contribution in [3.63, 3.8) is 0 Å². The zero-order chi connectivity index (χ0) is 13.5. The fourth-order valence-corrected chi connectivity index (χ4v) is 1.34. The molecule has 0 aliphatic heterocycles. The fourth-order valence-electron chi connectivity index (χ4n) is 1.15. The molecule has 0 aliphatic carbocycles. The van der Waals surface area contributed by atoms with Crippen molar-refractivity contribution in [2.75, 3.05) is 5.32 Å². The van der Waals surface area contributed by atoms with E-state index >= 15 is 0 Å². The molecule has 6 nitrogen and oxygen atoms in total. The number of anilines is 1. The largest absolute Gasteiger partial charge is 0.323 e. The number of benzene rings is 1. The lowest BCUT2D eigenvalue weighted by Crippen LogP contribution is -2.23. The lowest BCUT2D eigenvalue weighted by Gasteiger charge is -2.04. The first kappa shape index (κ1) is 14.0. The number of carbonyl (C=O) groups excluding carboxylic acids is 1. The summed E-state index contributed by atoms with van der Waals surface area (Å²) in [4.78, 5) is 21.4. The minimum atomic E-state index is -0.609. The number of hydrogen-bond donors (Lipinski definition) is 2. The Labute approximate surface area is 109 Å². The highest BCUT2D eigenvalue weighted by atomic mass is 35.5. The molecular weight excluding hydrogens is 258 g/mol. The molecular formula is C11H12ClN3O3. The third-order valence-electron chi connectivity index (χ3n) is 1.97. The van der Waals surface area contributed by atoms with Crippen LogP contribution in [0.1, 0.15) is 13.3 Å². The van der Waals surface area contributed by atoms with Crippen molar-refractivity contribution in [2.24, 2.45) is 0 Å². The van der Waals surface area contributed by atoms with Gasteiger partial charge in [-0.2, -0.15) is 0 Å². The van der Waals surface area contributed by atoms with Crippen LogP contribution >= 0.6 is 11.6 Å². The Morgan fingerprint density at radius 3 is 2.89 bits per heavy atom. The van der Waals surface area contributed by atoms with E-state index in [9.17, 15) is 14.9 Å². The molecule has 18 heavy (non-hydrogen) atoms. The number of nitro groups is 1. The standard InChI is InChI=1S/C11H12ClN3O3/c1-2-3-6-13-11(16)14-8-4-5-9(12)10(7-8)15(17)18/h3-7H,2H2,1H3,(H2,13,14,16)/b6-3+. The second-order valence-electron chi connectivity index (χ2n) is 3.33. The maximum Gasteiger partial charge on any atom is 0.323 e. The number of urea groups is 1. The first-order valence-electron chi connectivity index (χ1n) is 5.21. The molecule has 1 rings (SSSR count). The predicted octanol–water partition coefficient (Wildman–Crippen LogP) is 3.29. The highest BCUT2D eigenvalue weighted by Gasteiger charge is 2.13. The molecule has 0 saturated heterocycles. The van der Waals surface area contributed by atoms with Gasteiger partial charge in [0, 0.05) is 18.0 Å². The van der Waals surface area contributed by atoms with Crippen molar-refractivity contribution in [1.82, 2.24) is 5.32 Å². The van der Waals surface area contributed by atoms with Crippen molar-refractivity contribution >= 4 is 29.0 Å². The molecule has 0 fully saturated rings. The van der Waals surface area contributed by atoms with Crippen LogP contribution in [0.2, 0.25) is 5.02 Å². The van der Waals surface area contributed by atoms with Crippen molar-refractivity contribution in [3.05, 3.63) is 45.6 Å². The van der Waals surface area contributed by atoms with Crippen LogP contribution in [0, 0.1) is 10.1 Å². The number of amides is 2. The maximum absolute atomic E-state index is 11.4. The summed E-state index contributed by atoms with van der Waals surface area (Å²) in [6, 6.07) is 3.57. The normalized spacial score (nSPS) is 10.3. The molecule has 1 aromatic carbocycles. The fraction of sp³-hybridized carbons (Fsp3) is 0.182. The molecule has 0 radical (unpaired) electrons. The molecule has 0 saturated carbocycles. The van der Waals surface area contributed by atoms with Crippen molar-refractivity contribution in [3.8, 4) is 0 Å². The van der Waals surface area contributed by atoms with Crippen LogP contribution in [0.5, 0.6) is 0 Å². The minimum absolute atomic E-state index is 0.0248. The van der Waals surface area contributed by atoms with Gasteiger partial charge in [0.05, 0.1) is 4.92 Å². The number of allylic oxidation sites excluding steroid dienone is 1. The van der Waals surface area contributed by atoms with Gasteiger partial charge in [0.1, 0.15) is 5.02 Å². The van der Waals surface area contributed by atoms with Crippen LogP contribution in [0.25, 0.3) is 0 Å². The highest BCUT2D eigenvalue weighted by molar-refractivity contribution is 6.32. The van der Waals surface area contributed by atoms with E-state index in [4.69, 9.17) is 11.6 Å². The lowest BCUT2D eigenvalue weighted by atomic mass is 10.3. The van der Waals surface area contributed by atoms with Gasteiger partial charge in [0.15, 0.2) is 0 Å². The van der Waals surface area contributed by atoms with Gasteiger partial charge in [0.25, 0.3) is 5.69 Å². The number of nitrogens with zero attached hydrogens (tertiary/aromatic N) is 1. The molecule has 0 aromatic heterocycles. The van der Waals surface area contributed by atoms with Gasteiger partial charge in [0.2, 0.25) is 0 Å². The average molecular weight is 270 g/mol. The van der Waals surface area contributed by atoms with Gasteiger partial charge in [-0.05, 0) is 18.6 Å². The van der Waals surface area contributed by atoms with Crippen LogP contribution < -0.4 is 10.6 Å². The first-order chi connectivity index (χ1) is 8.54. The summed E-state index contributed by atoms with van der Waals surface area (Å²) in [6.07, 6.45) is 4.07. The highest BCUT2D eigenvalue weighted by Crippen LogP contribution is 2.27. The van der Waals surface area contributed by atoms with Crippen molar-refractivity contribution in [1.29, 1.82) is 0 Å². The Kier molecular flexibility index (Phi) is 5.13. The Morgan fingerprint density at radius 2 is 2.28 bits per heavy atom. The molecule has 7 heteroatoms. The molecule has 96 valence electrons. The Hall–Kier alpha value is -2.08. The zero-order valence-electron chi connectivity index (χ0n) is 9.64. The van der Waals surface area contributed by atoms with Crippen LogP contribution in [-0.4, -0.2) is 11.0 Å². The molecule has 0 aliphatic rings. The number of carbonyl (C=O) groups is 1. The van der Waals surface area contributed by atoms with Crippen molar-refractivity contribution < 1.29 is 9.72 Å². The second kappa shape index (κ2) is 6.61. The van der Waals surface area contributed by atoms with E-state index in [1.807, 2.05) is 6.92 Å². The average Bonchev–Trinajstić information content (AvgIpc) is 2.31. The van der Waals surface area contributed by atoms with Crippen LogP contribution in [0.15, 0.2) is 30.5 Å². The summed E-state index contributed by atoms with van der Waals surface area (Å²) in [6.45, 7) is 1.93. The number of halogens is 1. The van der Waals surface area contributed by atoms with E-state index in [0.29, 0.717) is 5.69 Å². The lowest BCUT2D eigenvalue weighted by molar-refractivity contribution is -0.384. The quantitative estimate of drug-likeness (QED) is 0.650. The second-order valence-corrected chi connectivity index (χ2v) is 3.74. The van der Waals surface area contributed by atoms with Crippen molar-refractivity contribution in [2.45, 2.75) is 13.3 Å². The van der Waals surface area contributed by atoms with E-state index in [-0.39, 0.29) is 10.7 Å². The Balaban J connectivity index is 2.73. The van der Waals surface area contributed by atoms with Crippen LogP contribution in [0.3, 0.4) is 0 Å². The van der Waals surface area contributed by atoms with Gasteiger partial charge < -0.3 is 10.6 Å². The minimum Gasteiger partial charge on any atom is -0.315 e. The van der Waals surface area contributed by atoms with E-state index in [0.717, 1.165) is 6.42 Å². The maximum atomic E-state index is 11.4. The third-order valence-corrected chi connectivity index (χ3v) is 2.29. The SMILES string of the molecule is CC/C=C/NC(=O)Nc1ccc(Cl)c([N+](=O)[O-])c1. The van der Waals surface area contributed by atoms with Gasteiger partial charge in [-0.25, -0.2) is 4.79 Å². The Morgan fingerprint density at radius 1 is 1.56 bits per heavy atom. The van der Waals surface area contributed by atoms with E-state index < -0.39 is 11.0 Å². The van der Waals surface area contributed by atoms with E-state index in [1.165, 1.54) is 24.4 Å². The number of nitro benzene ring substituents is 1.